The highest BCUT2D eigenvalue weighted by molar-refractivity contribution is 6.47. The summed E-state index contributed by atoms with van der Waals surface area (Å²) in [6.07, 6.45) is 3.61. The first-order chi connectivity index (χ1) is 9.04. The molecule has 0 amide bonds. The van der Waals surface area contributed by atoms with Gasteiger partial charge in [0.05, 0.1) is 11.7 Å². The fourth-order valence-corrected chi connectivity index (χ4v) is 4.89. The lowest BCUT2D eigenvalue weighted by Crippen LogP contribution is -2.65. The monoisotopic (exact) mass is 279 g/mol. The Balaban J connectivity index is 1.73. The second kappa shape index (κ2) is 4.24. The molecule has 4 aliphatic rings. The fraction of sp³-hybridized carbons (Fsp3) is 1.00. The summed E-state index contributed by atoms with van der Waals surface area (Å²) in [6, 6.07) is 0. The minimum Gasteiger partial charge on any atom is -0.404 e. The van der Waals surface area contributed by atoms with Crippen LogP contribution >= 0.6 is 0 Å². The van der Waals surface area contributed by atoms with E-state index in [0.29, 0.717) is 11.3 Å². The number of hydrogen-bond acceptors (Lipinski definition) is 3. The topological polar surface area (TPSA) is 44.5 Å². The summed E-state index contributed by atoms with van der Waals surface area (Å²) in [4.78, 5) is 0. The Morgan fingerprint density at radius 2 is 1.90 bits per heavy atom. The third-order valence-corrected chi connectivity index (χ3v) is 6.17. The van der Waals surface area contributed by atoms with E-state index in [0.717, 1.165) is 18.8 Å². The summed E-state index contributed by atoms with van der Waals surface area (Å²) < 4.78 is 12.6. The molecule has 4 rings (SSSR count). The lowest BCUT2D eigenvalue weighted by molar-refractivity contribution is -0.199. The quantitative estimate of drug-likeness (QED) is 0.790. The van der Waals surface area contributed by atoms with E-state index in [9.17, 15) is 0 Å². The van der Waals surface area contributed by atoms with Crippen LogP contribution in [0.15, 0.2) is 0 Å². The molecule has 0 aromatic heterocycles. The molecule has 20 heavy (non-hydrogen) atoms. The maximum atomic E-state index is 6.40. The van der Waals surface area contributed by atoms with Crippen LogP contribution in [0.25, 0.3) is 0 Å². The van der Waals surface area contributed by atoms with Gasteiger partial charge in [-0.2, -0.15) is 0 Å². The zero-order valence-electron chi connectivity index (χ0n) is 13.9. The van der Waals surface area contributed by atoms with Gasteiger partial charge in [-0.05, 0) is 48.9 Å². The SMILES string of the molecule is CC(C)(C)C[C@H](N)B1O[C@@H]2C[C@@H]3C[C@@H](C3(C)C)[C@]2(C)O1. The second-order valence-corrected chi connectivity index (χ2v) is 9.27. The van der Waals surface area contributed by atoms with Crippen molar-refractivity contribution in [1.82, 2.24) is 0 Å². The first kappa shape index (κ1) is 14.9. The Hall–Kier alpha value is -0.0551. The first-order valence-corrected chi connectivity index (χ1v) is 8.13. The van der Waals surface area contributed by atoms with Crippen molar-refractivity contribution >= 4 is 7.12 Å². The van der Waals surface area contributed by atoms with Crippen LogP contribution in [0.2, 0.25) is 0 Å². The van der Waals surface area contributed by atoms with Crippen molar-refractivity contribution in [1.29, 1.82) is 0 Å². The Labute approximate surface area is 124 Å². The fourth-order valence-electron chi connectivity index (χ4n) is 4.89. The van der Waals surface area contributed by atoms with E-state index in [4.69, 9.17) is 15.0 Å². The third kappa shape index (κ3) is 2.07. The van der Waals surface area contributed by atoms with E-state index >= 15 is 0 Å². The molecular formula is C16H30BNO2. The highest BCUT2D eigenvalue weighted by Gasteiger charge is 2.68. The molecule has 0 aromatic rings. The Morgan fingerprint density at radius 1 is 1.25 bits per heavy atom. The zero-order chi connectivity index (χ0) is 14.9. The zero-order valence-corrected chi connectivity index (χ0v) is 13.9. The molecule has 3 saturated carbocycles. The van der Waals surface area contributed by atoms with Crippen molar-refractivity contribution in [3.05, 3.63) is 0 Å². The largest absolute Gasteiger partial charge is 0.475 e. The molecule has 114 valence electrons. The lowest BCUT2D eigenvalue weighted by atomic mass is 9.43. The Kier molecular flexibility index (Phi) is 3.15. The predicted molar refractivity (Wildman–Crippen MR) is 82.2 cm³/mol. The van der Waals surface area contributed by atoms with Gasteiger partial charge in [0.1, 0.15) is 0 Å². The van der Waals surface area contributed by atoms with E-state index in [1.54, 1.807) is 0 Å². The van der Waals surface area contributed by atoms with Gasteiger partial charge < -0.3 is 15.0 Å². The summed E-state index contributed by atoms with van der Waals surface area (Å²) in [5.41, 5.74) is 6.84. The van der Waals surface area contributed by atoms with Crippen LogP contribution in [0.1, 0.15) is 60.8 Å². The second-order valence-electron chi connectivity index (χ2n) is 9.27. The maximum absolute atomic E-state index is 6.40. The van der Waals surface area contributed by atoms with Gasteiger partial charge in [-0.25, -0.2) is 0 Å². The Bertz CT molecular complexity index is 406. The molecule has 3 nitrogen and oxygen atoms in total. The minimum atomic E-state index is -0.223. The van der Waals surface area contributed by atoms with Gasteiger partial charge in [0.15, 0.2) is 0 Å². The highest BCUT2D eigenvalue weighted by Crippen LogP contribution is 2.65. The molecule has 2 N–H and O–H groups in total. The van der Waals surface area contributed by atoms with Crippen LogP contribution in [-0.4, -0.2) is 24.8 Å². The van der Waals surface area contributed by atoms with Crippen molar-refractivity contribution in [2.75, 3.05) is 0 Å². The summed E-state index contributed by atoms with van der Waals surface area (Å²) in [5.74, 6) is 1.38. The molecule has 0 spiro atoms. The van der Waals surface area contributed by atoms with E-state index in [2.05, 4.69) is 41.5 Å². The number of hydrogen-bond donors (Lipinski definition) is 1. The van der Waals surface area contributed by atoms with Crippen LogP contribution in [0.5, 0.6) is 0 Å². The maximum Gasteiger partial charge on any atom is 0.475 e. The van der Waals surface area contributed by atoms with Crippen LogP contribution in [-0.2, 0) is 9.31 Å². The average Bonchev–Trinajstić information content (AvgIpc) is 2.63. The van der Waals surface area contributed by atoms with Crippen molar-refractivity contribution in [2.24, 2.45) is 28.4 Å². The van der Waals surface area contributed by atoms with Gasteiger partial charge >= 0.3 is 7.12 Å². The highest BCUT2D eigenvalue weighted by atomic mass is 16.7. The molecule has 3 aliphatic carbocycles. The van der Waals surface area contributed by atoms with Gasteiger partial charge in [-0.1, -0.05) is 34.6 Å². The van der Waals surface area contributed by atoms with E-state index in [-0.39, 0.29) is 30.2 Å². The molecule has 1 aliphatic heterocycles. The van der Waals surface area contributed by atoms with E-state index < -0.39 is 0 Å². The predicted octanol–water partition coefficient (Wildman–Crippen LogP) is 3.02. The van der Waals surface area contributed by atoms with Crippen LogP contribution in [0.4, 0.5) is 0 Å². The molecule has 1 heterocycles. The summed E-state index contributed by atoms with van der Waals surface area (Å²) in [7, 11) is -0.223. The molecular weight excluding hydrogens is 249 g/mol. The number of nitrogens with two attached hydrogens (primary N) is 1. The lowest BCUT2D eigenvalue weighted by Gasteiger charge is -2.64. The first-order valence-electron chi connectivity index (χ1n) is 8.13. The summed E-state index contributed by atoms with van der Waals surface area (Å²) in [5, 5.41) is 0. The molecule has 4 heteroatoms. The molecule has 0 aromatic carbocycles. The van der Waals surface area contributed by atoms with Gasteiger partial charge in [0.2, 0.25) is 0 Å². The normalized spacial score (nSPS) is 44.0. The summed E-state index contributed by atoms with van der Waals surface area (Å²) in [6.45, 7) is 13.7. The molecule has 1 saturated heterocycles. The minimum absolute atomic E-state index is 0.0299. The molecule has 4 fully saturated rings. The van der Waals surface area contributed by atoms with Crippen molar-refractivity contribution in [3.63, 3.8) is 0 Å². The van der Waals surface area contributed by atoms with Gasteiger partial charge in [0, 0.05) is 5.94 Å². The molecule has 2 bridgehead atoms. The van der Waals surface area contributed by atoms with Gasteiger partial charge in [0.25, 0.3) is 0 Å². The van der Waals surface area contributed by atoms with Crippen LogP contribution in [0.3, 0.4) is 0 Å². The van der Waals surface area contributed by atoms with Crippen molar-refractivity contribution in [2.45, 2.75) is 78.5 Å². The molecule has 0 radical (unpaired) electrons. The van der Waals surface area contributed by atoms with E-state index in [1.165, 1.54) is 6.42 Å². The molecule has 5 atom stereocenters. The standard InChI is InChI=1S/C16H30BNO2/c1-14(2,3)9-13(18)17-19-12-8-10-7-11(15(10,4)5)16(12,6)20-17/h10-13H,7-9,18H2,1-6H3/t10-,11-,12+,13-,16-/m0/s1. The Morgan fingerprint density at radius 3 is 2.45 bits per heavy atom. The van der Waals surface area contributed by atoms with Crippen LogP contribution < -0.4 is 5.73 Å². The summed E-state index contributed by atoms with van der Waals surface area (Å²) >= 11 is 0. The van der Waals surface area contributed by atoms with Crippen LogP contribution in [0, 0.1) is 22.7 Å². The number of rotatable bonds is 2. The third-order valence-electron chi connectivity index (χ3n) is 6.17. The smallest absolute Gasteiger partial charge is 0.404 e. The average molecular weight is 279 g/mol. The molecule has 0 unspecified atom stereocenters. The van der Waals surface area contributed by atoms with Gasteiger partial charge in [-0.15, -0.1) is 0 Å². The van der Waals surface area contributed by atoms with Gasteiger partial charge in [-0.3, -0.25) is 0 Å². The van der Waals surface area contributed by atoms with E-state index in [1.807, 2.05) is 0 Å². The van der Waals surface area contributed by atoms with Crippen molar-refractivity contribution < 1.29 is 9.31 Å². The van der Waals surface area contributed by atoms with Crippen molar-refractivity contribution in [3.8, 4) is 0 Å².